The number of amides is 1. The van der Waals surface area contributed by atoms with Gasteiger partial charge < -0.3 is 10.4 Å². The molecule has 0 fully saturated rings. The number of carbonyl (C=O) groups excluding carboxylic acids is 1. The molecule has 0 bridgehead atoms. The lowest BCUT2D eigenvalue weighted by Gasteiger charge is -2.11. The van der Waals surface area contributed by atoms with Gasteiger partial charge in [0.05, 0.1) is 4.90 Å². The van der Waals surface area contributed by atoms with Crippen LogP contribution in [0.25, 0.3) is 11.1 Å². The molecular weight excluding hydrogens is 523 g/mol. The molecule has 1 amide bonds. The second kappa shape index (κ2) is 12.0. The molecule has 8 nitrogen and oxygen atoms in total. The van der Waals surface area contributed by atoms with E-state index in [0.717, 1.165) is 11.1 Å². The third-order valence-electron chi connectivity index (χ3n) is 4.83. The van der Waals surface area contributed by atoms with Crippen LogP contribution in [0.2, 0.25) is 0 Å². The topological polar surface area (TPSA) is 125 Å². The molecule has 38 heavy (non-hydrogen) atoms. The zero-order chi connectivity index (χ0) is 27.8. The van der Waals surface area contributed by atoms with Crippen molar-refractivity contribution in [1.29, 1.82) is 0 Å². The second-order valence-electron chi connectivity index (χ2n) is 7.51. The summed E-state index contributed by atoms with van der Waals surface area (Å²) in [6.45, 7) is 0. The van der Waals surface area contributed by atoms with Gasteiger partial charge in [-0.3, -0.25) is 9.52 Å². The van der Waals surface area contributed by atoms with Crippen molar-refractivity contribution in [3.63, 3.8) is 0 Å². The zero-order valence-electron chi connectivity index (χ0n) is 19.4. The number of benzene rings is 3. The molecule has 3 N–H and O–H groups in total. The number of aliphatic carboxylic acids is 1. The van der Waals surface area contributed by atoms with Crippen LogP contribution < -0.4 is 10.0 Å². The van der Waals surface area contributed by atoms with Gasteiger partial charge in [0.25, 0.3) is 15.9 Å². The number of carbonyl (C=O) groups is 2. The van der Waals surface area contributed by atoms with Crippen molar-refractivity contribution in [2.75, 3.05) is 10.0 Å². The number of alkyl halides is 3. The highest BCUT2D eigenvalue weighted by Crippen LogP contribution is 2.25. The molecule has 0 aliphatic rings. The van der Waals surface area contributed by atoms with E-state index in [1.807, 2.05) is 42.5 Å². The summed E-state index contributed by atoms with van der Waals surface area (Å²) in [5, 5.41) is 9.96. The molecule has 0 saturated heterocycles. The molecule has 0 unspecified atom stereocenters. The van der Waals surface area contributed by atoms with Crippen molar-refractivity contribution in [2.24, 2.45) is 0 Å². The number of sulfonamides is 1. The molecule has 0 radical (unpaired) electrons. The number of carboxylic acids is 1. The van der Waals surface area contributed by atoms with Crippen LogP contribution in [0, 0.1) is 0 Å². The number of nitrogens with one attached hydrogen (secondary N) is 2. The quantitative estimate of drug-likeness (QED) is 0.298. The van der Waals surface area contributed by atoms with Gasteiger partial charge in [-0.25, -0.2) is 18.2 Å². The fourth-order valence-electron chi connectivity index (χ4n) is 3.09. The smallest absolute Gasteiger partial charge is 0.475 e. The Morgan fingerprint density at radius 1 is 0.789 bits per heavy atom. The van der Waals surface area contributed by atoms with Gasteiger partial charge in [0.1, 0.15) is 5.82 Å². The fraction of sp³-hybridized carbons (Fsp3) is 0.0385. The Bertz CT molecular complexity index is 1500. The average molecular weight is 544 g/mol. The van der Waals surface area contributed by atoms with Crippen molar-refractivity contribution in [3.8, 4) is 11.1 Å². The van der Waals surface area contributed by atoms with Gasteiger partial charge in [0.2, 0.25) is 0 Å². The largest absolute Gasteiger partial charge is 0.490 e. The van der Waals surface area contributed by atoms with Crippen molar-refractivity contribution < 1.29 is 36.3 Å². The molecule has 3 aromatic carbocycles. The Kier molecular flexibility index (Phi) is 8.81. The number of halogens is 3. The predicted octanol–water partition coefficient (Wildman–Crippen LogP) is 5.44. The fourth-order valence-corrected chi connectivity index (χ4v) is 4.09. The van der Waals surface area contributed by atoms with Gasteiger partial charge in [0, 0.05) is 17.4 Å². The lowest BCUT2D eigenvalue weighted by molar-refractivity contribution is -0.192. The van der Waals surface area contributed by atoms with Gasteiger partial charge in [-0.05, 0) is 53.6 Å². The first-order chi connectivity index (χ1) is 18.0. The molecule has 1 aromatic heterocycles. The van der Waals surface area contributed by atoms with Gasteiger partial charge in [0.15, 0.2) is 0 Å². The second-order valence-corrected chi connectivity index (χ2v) is 9.20. The molecule has 4 aromatic rings. The standard InChI is InChI=1S/C24H19N3O3S.C2HF3O2/c28-24(22-11-5-4-10-21(22)18-8-2-1-3-9-18)26-19-13-15-20(16-14-19)31(29,30)27-23-12-6-7-17-25-23;3-2(4,5)1(6)7/h1-17H,(H,25,27)(H,26,28);(H,6,7). The number of hydrogen-bond acceptors (Lipinski definition) is 5. The summed E-state index contributed by atoms with van der Waals surface area (Å²) in [6.07, 6.45) is -3.58. The number of hydrogen-bond donors (Lipinski definition) is 3. The maximum absolute atomic E-state index is 12.9. The van der Waals surface area contributed by atoms with Crippen molar-refractivity contribution >= 4 is 33.4 Å². The van der Waals surface area contributed by atoms with E-state index in [9.17, 15) is 26.4 Å². The molecule has 196 valence electrons. The lowest BCUT2D eigenvalue weighted by atomic mass is 9.99. The number of pyridine rings is 1. The van der Waals surface area contributed by atoms with E-state index < -0.39 is 22.2 Å². The molecule has 12 heteroatoms. The van der Waals surface area contributed by atoms with Gasteiger partial charge in [-0.15, -0.1) is 0 Å². The van der Waals surface area contributed by atoms with E-state index >= 15 is 0 Å². The maximum atomic E-state index is 12.9. The zero-order valence-corrected chi connectivity index (χ0v) is 20.2. The normalized spacial score (nSPS) is 11.0. The van der Waals surface area contributed by atoms with Crippen LogP contribution in [-0.4, -0.2) is 36.6 Å². The molecule has 0 aliphatic carbocycles. The summed E-state index contributed by atoms with van der Waals surface area (Å²) in [7, 11) is -3.78. The summed E-state index contributed by atoms with van der Waals surface area (Å²) in [4.78, 5) is 25.8. The van der Waals surface area contributed by atoms with E-state index in [0.29, 0.717) is 11.3 Å². The number of nitrogens with zero attached hydrogens (tertiary/aromatic N) is 1. The molecule has 4 rings (SSSR count). The molecule has 0 atom stereocenters. The average Bonchev–Trinajstić information content (AvgIpc) is 2.89. The number of aromatic nitrogens is 1. The first-order valence-electron chi connectivity index (χ1n) is 10.8. The van der Waals surface area contributed by atoms with Crippen LogP contribution >= 0.6 is 0 Å². The summed E-state index contributed by atoms with van der Waals surface area (Å²) < 4.78 is 59.2. The minimum absolute atomic E-state index is 0.0702. The Morgan fingerprint density at radius 3 is 1.95 bits per heavy atom. The van der Waals surface area contributed by atoms with Crippen LogP contribution in [0.1, 0.15) is 10.4 Å². The Labute approximate surface area is 215 Å². The molecule has 1 heterocycles. The predicted molar refractivity (Wildman–Crippen MR) is 135 cm³/mol. The van der Waals surface area contributed by atoms with Crippen LogP contribution in [0.4, 0.5) is 24.7 Å². The first-order valence-corrected chi connectivity index (χ1v) is 12.3. The van der Waals surface area contributed by atoms with E-state index in [2.05, 4.69) is 15.0 Å². The van der Waals surface area contributed by atoms with E-state index in [-0.39, 0.29) is 16.6 Å². The number of carboxylic acid groups (broad SMARTS) is 1. The highest BCUT2D eigenvalue weighted by Gasteiger charge is 2.38. The third-order valence-corrected chi connectivity index (χ3v) is 6.20. The van der Waals surface area contributed by atoms with E-state index in [1.165, 1.54) is 18.3 Å². The molecular formula is C26H20F3N3O5S. The van der Waals surface area contributed by atoms with Crippen molar-refractivity contribution in [2.45, 2.75) is 11.1 Å². The minimum Gasteiger partial charge on any atom is -0.475 e. The Hall–Kier alpha value is -4.71. The van der Waals surface area contributed by atoms with Crippen LogP contribution in [0.15, 0.2) is 108 Å². The summed E-state index contributed by atoms with van der Waals surface area (Å²) in [5.74, 6) is -2.80. The summed E-state index contributed by atoms with van der Waals surface area (Å²) >= 11 is 0. The van der Waals surface area contributed by atoms with E-state index in [1.54, 1.807) is 42.5 Å². The molecule has 0 saturated carbocycles. The number of rotatable bonds is 6. The highest BCUT2D eigenvalue weighted by atomic mass is 32.2. The van der Waals surface area contributed by atoms with Gasteiger partial charge in [-0.2, -0.15) is 13.2 Å². The van der Waals surface area contributed by atoms with Gasteiger partial charge >= 0.3 is 12.1 Å². The van der Waals surface area contributed by atoms with Crippen LogP contribution in [0.5, 0.6) is 0 Å². The van der Waals surface area contributed by atoms with Crippen LogP contribution in [0.3, 0.4) is 0 Å². The van der Waals surface area contributed by atoms with E-state index in [4.69, 9.17) is 9.90 Å². The van der Waals surface area contributed by atoms with Crippen molar-refractivity contribution in [1.82, 2.24) is 4.98 Å². The molecule has 0 spiro atoms. The van der Waals surface area contributed by atoms with Crippen molar-refractivity contribution in [3.05, 3.63) is 109 Å². The third kappa shape index (κ3) is 7.64. The summed E-state index contributed by atoms with van der Waals surface area (Å²) in [5.41, 5.74) is 2.78. The first kappa shape index (κ1) is 27.9. The highest BCUT2D eigenvalue weighted by molar-refractivity contribution is 7.92. The Morgan fingerprint density at radius 2 is 1.37 bits per heavy atom. The Balaban J connectivity index is 0.000000505. The SMILES string of the molecule is O=C(Nc1ccc(S(=O)(=O)Nc2ccccn2)cc1)c1ccccc1-c1ccccc1.O=C(O)C(F)(F)F. The maximum Gasteiger partial charge on any atom is 0.490 e. The number of anilines is 2. The van der Waals surface area contributed by atoms with Gasteiger partial charge in [-0.1, -0.05) is 54.6 Å². The van der Waals surface area contributed by atoms with Crippen LogP contribution in [-0.2, 0) is 14.8 Å². The molecule has 0 aliphatic heterocycles. The summed E-state index contributed by atoms with van der Waals surface area (Å²) in [6, 6.07) is 27.9. The lowest BCUT2D eigenvalue weighted by Crippen LogP contribution is -2.21. The minimum atomic E-state index is -5.08. The monoisotopic (exact) mass is 543 g/mol.